The summed E-state index contributed by atoms with van der Waals surface area (Å²) in [4.78, 5) is 14.7. The van der Waals surface area contributed by atoms with Gasteiger partial charge in [-0.3, -0.25) is 4.79 Å². The van der Waals surface area contributed by atoms with Gasteiger partial charge in [-0.25, -0.2) is 0 Å². The molecule has 0 N–H and O–H groups in total. The summed E-state index contributed by atoms with van der Waals surface area (Å²) in [5.74, 6) is 0.710. The van der Waals surface area contributed by atoms with Crippen LogP contribution in [0.2, 0.25) is 5.02 Å². The van der Waals surface area contributed by atoms with Gasteiger partial charge >= 0.3 is 0 Å². The number of rotatable bonds is 3. The van der Waals surface area contributed by atoms with Gasteiger partial charge in [0.2, 0.25) is 5.91 Å². The van der Waals surface area contributed by atoms with Gasteiger partial charge in [0.05, 0.1) is 30.8 Å². The summed E-state index contributed by atoms with van der Waals surface area (Å²) in [7, 11) is 0. The summed E-state index contributed by atoms with van der Waals surface area (Å²) < 4.78 is 11.0. The van der Waals surface area contributed by atoms with Crippen molar-refractivity contribution in [3.8, 4) is 0 Å². The van der Waals surface area contributed by atoms with Crippen molar-refractivity contribution >= 4 is 17.5 Å². The largest absolute Gasteiger partial charge is 0.369 e. The van der Waals surface area contributed by atoms with Crippen molar-refractivity contribution in [2.45, 2.75) is 38.8 Å². The molecule has 0 saturated carbocycles. The quantitative estimate of drug-likeness (QED) is 0.851. The monoisotopic (exact) mass is 348 g/mol. The normalized spacial score (nSPS) is 20.2. The van der Waals surface area contributed by atoms with E-state index in [4.69, 9.17) is 20.9 Å². The zero-order valence-corrected chi connectivity index (χ0v) is 14.8. The number of halogens is 1. The Morgan fingerprint density at radius 2 is 2.17 bits per heavy atom. The van der Waals surface area contributed by atoms with E-state index in [9.17, 15) is 4.79 Å². The number of aromatic nitrogens is 1. The smallest absolute Gasteiger partial charge is 0.229 e. The average Bonchev–Trinajstić information content (AvgIpc) is 2.93. The van der Waals surface area contributed by atoms with Crippen molar-refractivity contribution in [1.82, 2.24) is 10.1 Å². The van der Waals surface area contributed by atoms with Crippen LogP contribution in [0.4, 0.5) is 0 Å². The lowest BCUT2D eigenvalue weighted by Crippen LogP contribution is -2.56. The lowest BCUT2D eigenvalue weighted by molar-refractivity contribution is -0.154. The number of hydrogen-bond acceptors (Lipinski definition) is 4. The maximum absolute atomic E-state index is 12.8. The number of morpholine rings is 1. The van der Waals surface area contributed by atoms with Crippen molar-refractivity contribution < 1.29 is 14.1 Å². The SMILES string of the molecule is Cc1cc(CC(=O)N2CC(c3ccccc3Cl)OCC2(C)C)no1. The van der Waals surface area contributed by atoms with Crippen LogP contribution in [0, 0.1) is 6.92 Å². The molecular weight excluding hydrogens is 328 g/mol. The number of carbonyl (C=O) groups excluding carboxylic acids is 1. The summed E-state index contributed by atoms with van der Waals surface area (Å²) in [6, 6.07) is 9.37. The van der Waals surface area contributed by atoms with Crippen molar-refractivity contribution in [1.29, 1.82) is 0 Å². The molecule has 5 nitrogen and oxygen atoms in total. The first-order valence-electron chi connectivity index (χ1n) is 7.95. The first kappa shape index (κ1) is 17.0. The summed E-state index contributed by atoms with van der Waals surface area (Å²) in [6.45, 7) is 6.73. The molecule has 128 valence electrons. The molecule has 3 rings (SSSR count). The Balaban J connectivity index is 1.79. The Kier molecular flexibility index (Phi) is 4.65. The molecule has 1 amide bonds. The van der Waals surface area contributed by atoms with Gasteiger partial charge in [0, 0.05) is 16.7 Å². The van der Waals surface area contributed by atoms with Gasteiger partial charge in [-0.1, -0.05) is 35.0 Å². The van der Waals surface area contributed by atoms with Crippen LogP contribution < -0.4 is 0 Å². The molecule has 1 fully saturated rings. The van der Waals surface area contributed by atoms with E-state index in [0.717, 1.165) is 5.56 Å². The lowest BCUT2D eigenvalue weighted by Gasteiger charge is -2.45. The molecule has 1 aliphatic heterocycles. The Labute approximate surface area is 146 Å². The summed E-state index contributed by atoms with van der Waals surface area (Å²) in [5.41, 5.74) is 1.17. The number of carbonyl (C=O) groups is 1. The number of aryl methyl sites for hydroxylation is 1. The molecule has 0 radical (unpaired) electrons. The fourth-order valence-corrected chi connectivity index (χ4v) is 3.22. The number of nitrogens with zero attached hydrogens (tertiary/aromatic N) is 2. The summed E-state index contributed by atoms with van der Waals surface area (Å²) in [5, 5.41) is 4.57. The minimum absolute atomic E-state index is 0.00801. The Hall–Kier alpha value is -1.85. The lowest BCUT2D eigenvalue weighted by atomic mass is 9.97. The molecule has 1 saturated heterocycles. The molecule has 2 heterocycles. The molecule has 24 heavy (non-hydrogen) atoms. The van der Waals surface area contributed by atoms with E-state index < -0.39 is 0 Å². The van der Waals surface area contributed by atoms with E-state index in [1.807, 2.05) is 49.9 Å². The van der Waals surface area contributed by atoms with Gasteiger partial charge in [-0.05, 0) is 26.8 Å². The van der Waals surface area contributed by atoms with Crippen LogP contribution in [-0.2, 0) is 16.0 Å². The Morgan fingerprint density at radius 3 is 2.83 bits per heavy atom. The zero-order valence-electron chi connectivity index (χ0n) is 14.1. The Bertz CT molecular complexity index is 741. The fourth-order valence-electron chi connectivity index (χ4n) is 2.96. The van der Waals surface area contributed by atoms with Crippen molar-refractivity contribution in [2.24, 2.45) is 0 Å². The number of ether oxygens (including phenoxy) is 1. The molecule has 0 bridgehead atoms. The van der Waals surface area contributed by atoms with Gasteiger partial charge in [0.1, 0.15) is 11.9 Å². The van der Waals surface area contributed by atoms with E-state index in [1.54, 1.807) is 6.07 Å². The highest BCUT2D eigenvalue weighted by Crippen LogP contribution is 2.33. The molecule has 1 aliphatic rings. The van der Waals surface area contributed by atoms with Crippen LogP contribution in [0.3, 0.4) is 0 Å². The third kappa shape index (κ3) is 3.47. The van der Waals surface area contributed by atoms with Gasteiger partial charge in [0.25, 0.3) is 0 Å². The molecule has 1 atom stereocenters. The van der Waals surface area contributed by atoms with Crippen LogP contribution in [0.1, 0.15) is 37.0 Å². The minimum atomic E-state index is -0.381. The second kappa shape index (κ2) is 6.57. The molecule has 0 spiro atoms. The van der Waals surface area contributed by atoms with E-state index in [0.29, 0.717) is 29.6 Å². The molecule has 1 aromatic carbocycles. The van der Waals surface area contributed by atoms with Crippen LogP contribution >= 0.6 is 11.6 Å². The van der Waals surface area contributed by atoms with Crippen LogP contribution in [0.15, 0.2) is 34.9 Å². The van der Waals surface area contributed by atoms with Gasteiger partial charge in [-0.15, -0.1) is 0 Å². The van der Waals surface area contributed by atoms with E-state index >= 15 is 0 Å². The maximum Gasteiger partial charge on any atom is 0.229 e. The molecule has 1 unspecified atom stereocenters. The molecular formula is C18H21ClN2O3. The minimum Gasteiger partial charge on any atom is -0.369 e. The summed E-state index contributed by atoms with van der Waals surface area (Å²) in [6.07, 6.45) is -0.00885. The van der Waals surface area contributed by atoms with Crippen LogP contribution in [-0.4, -0.2) is 34.7 Å². The van der Waals surface area contributed by atoms with Crippen molar-refractivity contribution in [3.05, 3.63) is 52.4 Å². The predicted octanol–water partition coefficient (Wildman–Crippen LogP) is 3.56. The molecule has 2 aromatic rings. The van der Waals surface area contributed by atoms with Gasteiger partial charge < -0.3 is 14.2 Å². The van der Waals surface area contributed by atoms with Gasteiger partial charge in [-0.2, -0.15) is 0 Å². The molecule has 6 heteroatoms. The van der Waals surface area contributed by atoms with Crippen LogP contribution in [0.25, 0.3) is 0 Å². The van der Waals surface area contributed by atoms with E-state index in [1.165, 1.54) is 0 Å². The van der Waals surface area contributed by atoms with Gasteiger partial charge in [0.15, 0.2) is 0 Å². The molecule has 0 aliphatic carbocycles. The van der Waals surface area contributed by atoms with Crippen molar-refractivity contribution in [2.75, 3.05) is 13.2 Å². The summed E-state index contributed by atoms with van der Waals surface area (Å²) >= 11 is 6.28. The fraction of sp³-hybridized carbons (Fsp3) is 0.444. The predicted molar refractivity (Wildman–Crippen MR) is 90.9 cm³/mol. The Morgan fingerprint density at radius 1 is 1.42 bits per heavy atom. The maximum atomic E-state index is 12.8. The highest BCUT2D eigenvalue weighted by Gasteiger charge is 2.39. The second-order valence-corrected chi connectivity index (χ2v) is 7.15. The highest BCUT2D eigenvalue weighted by atomic mass is 35.5. The van der Waals surface area contributed by atoms with E-state index in [-0.39, 0.29) is 24.0 Å². The van der Waals surface area contributed by atoms with Crippen molar-refractivity contribution in [3.63, 3.8) is 0 Å². The molecule has 1 aromatic heterocycles. The first-order chi connectivity index (χ1) is 11.4. The highest BCUT2D eigenvalue weighted by molar-refractivity contribution is 6.31. The number of amides is 1. The number of benzene rings is 1. The third-order valence-electron chi connectivity index (χ3n) is 4.28. The van der Waals surface area contributed by atoms with E-state index in [2.05, 4.69) is 5.16 Å². The zero-order chi connectivity index (χ0) is 17.3. The second-order valence-electron chi connectivity index (χ2n) is 6.74. The third-order valence-corrected chi connectivity index (χ3v) is 4.62. The first-order valence-corrected chi connectivity index (χ1v) is 8.33. The average molecular weight is 349 g/mol. The number of hydrogen-bond donors (Lipinski definition) is 0. The standard InChI is InChI=1S/C18H21ClN2O3/c1-12-8-13(20-24-12)9-17(22)21-10-16(23-11-18(21,2)3)14-6-4-5-7-15(14)19/h4-8,16H,9-11H2,1-3H3. The van der Waals surface area contributed by atoms with Crippen LogP contribution in [0.5, 0.6) is 0 Å². The topological polar surface area (TPSA) is 55.6 Å².